The summed E-state index contributed by atoms with van der Waals surface area (Å²) < 4.78 is 6.12. The number of ether oxygens (including phenoxy) is 1. The zero-order valence-corrected chi connectivity index (χ0v) is 15.0. The Hall–Kier alpha value is -0.200. The Balaban J connectivity index is 1.47. The number of β-amino-alcohol motifs (C(OH)–C–C–N with tert-alkyl or cyclic N) is 2. The van der Waals surface area contributed by atoms with Gasteiger partial charge in [-0.15, -0.1) is 0 Å². The smallest absolute Gasteiger partial charge is 0.167 e. The van der Waals surface area contributed by atoms with Crippen molar-refractivity contribution in [2.24, 2.45) is 16.7 Å². The number of hydrogen-bond acceptors (Lipinski definition) is 5. The van der Waals surface area contributed by atoms with Crippen molar-refractivity contribution in [2.45, 2.75) is 52.4 Å². The summed E-state index contributed by atoms with van der Waals surface area (Å²) in [7, 11) is 0. The molecule has 134 valence electrons. The second kappa shape index (κ2) is 6.60. The maximum Gasteiger partial charge on any atom is 0.167 e. The van der Waals surface area contributed by atoms with Crippen LogP contribution in [0.5, 0.6) is 0 Å². The second-order valence-electron chi connectivity index (χ2n) is 8.56. The largest absolute Gasteiger partial charge is 0.395 e. The monoisotopic (exact) mass is 326 g/mol. The molecule has 2 aliphatic carbocycles. The molecule has 0 spiro atoms. The highest BCUT2D eigenvalue weighted by Crippen LogP contribution is 2.66. The first-order valence-electron chi connectivity index (χ1n) is 9.26. The molecule has 5 heteroatoms. The molecule has 3 aliphatic rings. The summed E-state index contributed by atoms with van der Waals surface area (Å²) in [6.07, 6.45) is 3.15. The van der Waals surface area contributed by atoms with Crippen molar-refractivity contribution in [3.05, 3.63) is 0 Å². The average Bonchev–Trinajstić information content (AvgIpc) is 2.83. The fourth-order valence-corrected chi connectivity index (χ4v) is 5.13. The van der Waals surface area contributed by atoms with E-state index in [0.717, 1.165) is 45.1 Å². The summed E-state index contributed by atoms with van der Waals surface area (Å²) in [5.41, 5.74) is 0.534. The van der Waals surface area contributed by atoms with E-state index >= 15 is 0 Å². The van der Waals surface area contributed by atoms with Gasteiger partial charge in [0.25, 0.3) is 0 Å². The van der Waals surface area contributed by atoms with Gasteiger partial charge >= 0.3 is 0 Å². The Kier molecular flexibility index (Phi) is 5.06. The first-order valence-corrected chi connectivity index (χ1v) is 9.26. The van der Waals surface area contributed by atoms with Crippen LogP contribution in [-0.2, 0) is 4.74 Å². The number of nitrogens with zero attached hydrogens (tertiary/aromatic N) is 2. The van der Waals surface area contributed by atoms with E-state index in [4.69, 9.17) is 9.84 Å². The number of fused-ring (bicyclic) bond motifs is 2. The Morgan fingerprint density at radius 3 is 2.30 bits per heavy atom. The zero-order chi connectivity index (χ0) is 16.7. The molecule has 3 fully saturated rings. The molecule has 0 unspecified atom stereocenters. The van der Waals surface area contributed by atoms with Gasteiger partial charge in [-0.3, -0.25) is 9.80 Å². The minimum absolute atomic E-state index is 0.196. The first kappa shape index (κ1) is 17.6. The third kappa shape index (κ3) is 3.19. The maximum absolute atomic E-state index is 10.4. The second-order valence-corrected chi connectivity index (χ2v) is 8.56. The van der Waals surface area contributed by atoms with E-state index in [-0.39, 0.29) is 18.1 Å². The van der Waals surface area contributed by atoms with Crippen LogP contribution in [0.3, 0.4) is 0 Å². The molecule has 0 amide bonds. The SMILES string of the molecule is CC1(C)[C@H]2CC[C@]1(C)[C@H](O[C@H](O)CN1CCN(CCO)CC1)C2. The maximum atomic E-state index is 10.4. The Morgan fingerprint density at radius 1 is 1.13 bits per heavy atom. The van der Waals surface area contributed by atoms with Crippen LogP contribution in [0.1, 0.15) is 40.0 Å². The lowest BCUT2D eigenvalue weighted by Gasteiger charge is -2.40. The fourth-order valence-electron chi connectivity index (χ4n) is 5.13. The molecule has 0 aromatic heterocycles. The Morgan fingerprint density at radius 2 is 1.78 bits per heavy atom. The highest BCUT2D eigenvalue weighted by molar-refractivity contribution is 5.11. The van der Waals surface area contributed by atoms with E-state index in [1.165, 1.54) is 12.8 Å². The van der Waals surface area contributed by atoms with E-state index in [0.29, 0.717) is 12.0 Å². The summed E-state index contributed by atoms with van der Waals surface area (Å²) >= 11 is 0. The van der Waals surface area contributed by atoms with Crippen molar-refractivity contribution in [1.29, 1.82) is 0 Å². The molecule has 3 rings (SSSR count). The predicted molar refractivity (Wildman–Crippen MR) is 90.1 cm³/mol. The van der Waals surface area contributed by atoms with E-state index in [1.807, 2.05) is 0 Å². The van der Waals surface area contributed by atoms with E-state index < -0.39 is 6.29 Å². The molecule has 0 radical (unpaired) electrons. The topological polar surface area (TPSA) is 56.2 Å². The van der Waals surface area contributed by atoms with Gasteiger partial charge < -0.3 is 14.9 Å². The average molecular weight is 326 g/mol. The van der Waals surface area contributed by atoms with Crippen LogP contribution >= 0.6 is 0 Å². The van der Waals surface area contributed by atoms with E-state index in [2.05, 4.69) is 30.6 Å². The zero-order valence-electron chi connectivity index (χ0n) is 15.0. The number of hydrogen-bond donors (Lipinski definition) is 2. The van der Waals surface area contributed by atoms with E-state index in [9.17, 15) is 5.11 Å². The van der Waals surface area contributed by atoms with Gasteiger partial charge in [0.05, 0.1) is 12.7 Å². The van der Waals surface area contributed by atoms with Gasteiger partial charge in [-0.2, -0.15) is 0 Å². The van der Waals surface area contributed by atoms with Gasteiger partial charge in [0.2, 0.25) is 0 Å². The third-order valence-electron chi connectivity index (χ3n) is 7.33. The van der Waals surface area contributed by atoms with Crippen molar-refractivity contribution < 1.29 is 14.9 Å². The molecular weight excluding hydrogens is 292 g/mol. The number of rotatable bonds is 6. The summed E-state index contributed by atoms with van der Waals surface area (Å²) in [6.45, 7) is 12.5. The number of piperazine rings is 1. The van der Waals surface area contributed by atoms with Crippen molar-refractivity contribution in [1.82, 2.24) is 9.80 Å². The minimum Gasteiger partial charge on any atom is -0.395 e. The molecule has 2 N–H and O–H groups in total. The lowest BCUT2D eigenvalue weighted by atomic mass is 9.70. The van der Waals surface area contributed by atoms with Gasteiger partial charge in [0, 0.05) is 39.3 Å². The van der Waals surface area contributed by atoms with Crippen LogP contribution in [0, 0.1) is 16.7 Å². The molecule has 2 bridgehead atoms. The summed E-state index contributed by atoms with van der Waals surface area (Å²) in [4.78, 5) is 4.54. The number of aliphatic hydroxyl groups is 2. The molecule has 1 aliphatic heterocycles. The van der Waals surface area contributed by atoms with Crippen molar-refractivity contribution >= 4 is 0 Å². The quantitative estimate of drug-likeness (QED) is 0.717. The van der Waals surface area contributed by atoms with Crippen LogP contribution in [0.4, 0.5) is 0 Å². The van der Waals surface area contributed by atoms with Crippen LogP contribution in [-0.4, -0.2) is 78.3 Å². The lowest BCUT2D eigenvalue weighted by Crippen LogP contribution is -2.50. The van der Waals surface area contributed by atoms with Crippen LogP contribution in [0.15, 0.2) is 0 Å². The summed E-state index contributed by atoms with van der Waals surface area (Å²) in [5.74, 6) is 0.742. The van der Waals surface area contributed by atoms with Crippen LogP contribution in [0.2, 0.25) is 0 Å². The standard InChI is InChI=1S/C18H34N2O3/c1-17(2)14-4-5-18(17,3)15(12-14)23-16(22)13-20-8-6-19(7-9-20)10-11-21/h14-16,21-22H,4-13H2,1-3H3/t14-,15+,16-,18+/m0/s1. The molecule has 2 saturated carbocycles. The molecular formula is C18H34N2O3. The third-order valence-corrected chi connectivity index (χ3v) is 7.33. The molecule has 4 atom stereocenters. The Bertz CT molecular complexity index is 409. The van der Waals surface area contributed by atoms with Gasteiger partial charge in [0.15, 0.2) is 6.29 Å². The highest BCUT2D eigenvalue weighted by Gasteiger charge is 2.62. The summed E-state index contributed by atoms with van der Waals surface area (Å²) in [6, 6.07) is 0. The van der Waals surface area contributed by atoms with E-state index in [1.54, 1.807) is 0 Å². The molecule has 0 aromatic carbocycles. The van der Waals surface area contributed by atoms with Crippen molar-refractivity contribution in [3.8, 4) is 0 Å². The lowest BCUT2D eigenvalue weighted by molar-refractivity contribution is -0.181. The van der Waals surface area contributed by atoms with Crippen molar-refractivity contribution in [2.75, 3.05) is 45.9 Å². The van der Waals surface area contributed by atoms with Gasteiger partial charge in [0.1, 0.15) is 0 Å². The normalized spacial score (nSPS) is 39.0. The first-order chi connectivity index (χ1) is 10.9. The summed E-state index contributed by atoms with van der Waals surface area (Å²) in [5, 5.41) is 19.4. The van der Waals surface area contributed by atoms with Crippen LogP contribution < -0.4 is 0 Å². The molecule has 1 heterocycles. The van der Waals surface area contributed by atoms with Crippen LogP contribution in [0.25, 0.3) is 0 Å². The molecule has 5 nitrogen and oxygen atoms in total. The molecule has 0 aromatic rings. The Labute approximate surface area is 140 Å². The van der Waals surface area contributed by atoms with Gasteiger partial charge in [-0.1, -0.05) is 20.8 Å². The number of aliphatic hydroxyl groups excluding tert-OH is 2. The minimum atomic E-state index is -0.684. The highest BCUT2D eigenvalue weighted by atomic mass is 16.6. The van der Waals surface area contributed by atoms with Crippen molar-refractivity contribution in [3.63, 3.8) is 0 Å². The van der Waals surface area contributed by atoms with Gasteiger partial charge in [-0.05, 0) is 36.0 Å². The predicted octanol–water partition coefficient (Wildman–Crippen LogP) is 1.15. The fraction of sp³-hybridized carbons (Fsp3) is 1.00. The van der Waals surface area contributed by atoms with Gasteiger partial charge in [-0.25, -0.2) is 0 Å². The molecule has 1 saturated heterocycles. The molecule has 23 heavy (non-hydrogen) atoms.